The minimum Gasteiger partial charge on any atom is -0.444 e. The van der Waals surface area contributed by atoms with Gasteiger partial charge in [-0.25, -0.2) is 19.6 Å². The van der Waals surface area contributed by atoms with Gasteiger partial charge in [0.05, 0.1) is 16.8 Å². The van der Waals surface area contributed by atoms with Crippen LogP contribution in [0.2, 0.25) is 0 Å². The fourth-order valence-electron chi connectivity index (χ4n) is 6.90. The second kappa shape index (κ2) is 15.6. The second-order valence-electron chi connectivity index (χ2n) is 15.3. The highest BCUT2D eigenvalue weighted by Gasteiger charge is 2.34. The van der Waals surface area contributed by atoms with Gasteiger partial charge in [0.15, 0.2) is 5.82 Å². The molecule has 0 bridgehead atoms. The minimum atomic E-state index is -4.56. The van der Waals surface area contributed by atoms with Crippen molar-refractivity contribution in [2.24, 2.45) is 13.0 Å². The lowest BCUT2D eigenvalue weighted by Gasteiger charge is -2.31. The molecular formula is C38H48F3N9O3. The molecule has 2 aliphatic rings. The van der Waals surface area contributed by atoms with Crippen LogP contribution in [0, 0.1) is 5.92 Å². The predicted octanol–water partition coefficient (Wildman–Crippen LogP) is 8.17. The number of anilines is 3. The van der Waals surface area contributed by atoms with Crippen LogP contribution >= 0.6 is 0 Å². The van der Waals surface area contributed by atoms with Crippen molar-refractivity contribution in [3.63, 3.8) is 0 Å². The second-order valence-corrected chi connectivity index (χ2v) is 15.3. The maximum absolute atomic E-state index is 14.0. The van der Waals surface area contributed by atoms with Gasteiger partial charge < -0.3 is 20.7 Å². The Morgan fingerprint density at radius 3 is 2.34 bits per heavy atom. The molecule has 2 aromatic heterocycles. The number of alkyl carbamates (subject to hydrolysis) is 1. The number of hydrogen-bond donors (Lipinski definition) is 4. The van der Waals surface area contributed by atoms with Crippen LogP contribution in [0.3, 0.4) is 0 Å². The molecule has 4 N–H and O–H groups in total. The Bertz CT molecular complexity index is 1930. The smallest absolute Gasteiger partial charge is 0.416 e. The molecule has 1 aliphatic carbocycles. The van der Waals surface area contributed by atoms with Crippen LogP contribution in [0.25, 0.3) is 22.2 Å². The number of nitrogens with zero attached hydrogens (tertiary/aromatic N) is 5. The summed E-state index contributed by atoms with van der Waals surface area (Å²) in [5.41, 5.74) is 1.20. The van der Waals surface area contributed by atoms with E-state index in [0.29, 0.717) is 17.6 Å². The molecule has 0 radical (unpaired) electrons. The van der Waals surface area contributed by atoms with E-state index in [4.69, 9.17) is 9.72 Å². The number of carbonyl (C=O) groups excluding carboxylic acids is 2. The Labute approximate surface area is 307 Å². The molecule has 3 amide bonds. The number of likely N-dealkylation sites (tertiary alicyclic amines) is 1. The number of rotatable bonds is 8. The number of halogens is 3. The van der Waals surface area contributed by atoms with E-state index in [0.717, 1.165) is 74.1 Å². The SMILES string of the molecule is CC1CCN(Cc2ccc(NC(=O)Nc3cc(-c4ccc5nc(NC6CCC(NC(=O)OC(C)(C)C)CC6)ncc5c4)n(C)n3)cc2C(F)(F)F)CC1. The molecule has 1 aliphatic heterocycles. The summed E-state index contributed by atoms with van der Waals surface area (Å²) < 4.78 is 49.1. The normalized spacial score (nSPS) is 18.8. The first-order chi connectivity index (χ1) is 25.1. The summed E-state index contributed by atoms with van der Waals surface area (Å²) in [5, 5.41) is 16.8. The Kier molecular flexibility index (Phi) is 11.1. The fraction of sp³-hybridized carbons (Fsp3) is 0.500. The molecule has 53 heavy (non-hydrogen) atoms. The van der Waals surface area contributed by atoms with Crippen molar-refractivity contribution in [1.82, 2.24) is 30.0 Å². The highest BCUT2D eigenvalue weighted by molar-refractivity contribution is 5.99. The Hall–Kier alpha value is -4.92. The van der Waals surface area contributed by atoms with Gasteiger partial charge in [0.2, 0.25) is 5.95 Å². The first kappa shape index (κ1) is 37.8. The average molecular weight is 736 g/mol. The van der Waals surface area contributed by atoms with Gasteiger partial charge in [0.25, 0.3) is 0 Å². The van der Waals surface area contributed by atoms with Crippen LogP contribution in [0.15, 0.2) is 48.7 Å². The van der Waals surface area contributed by atoms with Gasteiger partial charge in [0.1, 0.15) is 5.60 Å². The summed E-state index contributed by atoms with van der Waals surface area (Å²) >= 11 is 0. The van der Waals surface area contributed by atoms with Crippen LogP contribution < -0.4 is 21.3 Å². The third kappa shape index (κ3) is 10.2. The lowest BCUT2D eigenvalue weighted by molar-refractivity contribution is -0.138. The number of carbonyl (C=O) groups is 2. The van der Waals surface area contributed by atoms with E-state index in [1.54, 1.807) is 24.0 Å². The zero-order chi connectivity index (χ0) is 37.9. The number of benzene rings is 2. The van der Waals surface area contributed by atoms with Gasteiger partial charge in [-0.05, 0) is 108 Å². The van der Waals surface area contributed by atoms with Crippen molar-refractivity contribution in [1.29, 1.82) is 0 Å². The van der Waals surface area contributed by atoms with Gasteiger partial charge in [0, 0.05) is 54.6 Å². The molecule has 4 aromatic rings. The summed E-state index contributed by atoms with van der Waals surface area (Å²) in [4.78, 5) is 36.3. The molecular weight excluding hydrogens is 687 g/mol. The molecule has 0 unspecified atom stereocenters. The summed E-state index contributed by atoms with van der Waals surface area (Å²) in [5.74, 6) is 1.34. The number of fused-ring (bicyclic) bond motifs is 1. The predicted molar refractivity (Wildman–Crippen MR) is 199 cm³/mol. The van der Waals surface area contributed by atoms with E-state index in [2.05, 4.69) is 38.3 Å². The van der Waals surface area contributed by atoms with Gasteiger partial charge in [-0.3, -0.25) is 14.9 Å². The Morgan fingerprint density at radius 2 is 1.64 bits per heavy atom. The van der Waals surface area contributed by atoms with E-state index in [-0.39, 0.29) is 35.7 Å². The zero-order valence-electron chi connectivity index (χ0n) is 30.8. The first-order valence-electron chi connectivity index (χ1n) is 18.2. The van der Waals surface area contributed by atoms with E-state index in [9.17, 15) is 22.8 Å². The molecule has 15 heteroatoms. The number of hydrogen-bond acceptors (Lipinski definition) is 8. The van der Waals surface area contributed by atoms with Crippen LogP contribution in [-0.4, -0.2) is 67.5 Å². The van der Waals surface area contributed by atoms with E-state index in [1.165, 1.54) is 12.1 Å². The van der Waals surface area contributed by atoms with Crippen LogP contribution in [0.4, 0.5) is 40.2 Å². The standard InChI is InChI=1S/C38H48F3N9O3/c1-23-14-16-50(17-15-23)22-25-6-8-29(19-30(25)38(39,40)41)44-35(51)47-33-20-32(49(5)48-33)24-7-13-31-26(18-24)21-42-34(46-31)43-27-9-11-28(12-10-27)45-36(52)53-37(2,3)4/h6-8,13,18-21,23,27-28H,9-12,14-17,22H2,1-5H3,(H,45,52)(H,42,43,46)(H2,44,47,48,51). The van der Waals surface area contributed by atoms with Crippen molar-refractivity contribution in [2.75, 3.05) is 29.0 Å². The van der Waals surface area contributed by atoms with Crippen molar-refractivity contribution in [2.45, 2.75) is 96.6 Å². The molecule has 2 aromatic carbocycles. The number of ether oxygens (including phenoxy) is 1. The number of aryl methyl sites for hydroxylation is 1. The Balaban J connectivity index is 1.05. The maximum Gasteiger partial charge on any atom is 0.416 e. The third-order valence-electron chi connectivity index (χ3n) is 9.72. The highest BCUT2D eigenvalue weighted by atomic mass is 19.4. The molecule has 1 saturated heterocycles. The van der Waals surface area contributed by atoms with E-state index in [1.807, 2.05) is 43.9 Å². The van der Waals surface area contributed by atoms with Gasteiger partial charge in [-0.1, -0.05) is 19.1 Å². The van der Waals surface area contributed by atoms with Crippen molar-refractivity contribution >= 4 is 40.5 Å². The molecule has 3 heterocycles. The fourth-order valence-corrected chi connectivity index (χ4v) is 6.90. The number of piperidine rings is 1. The Morgan fingerprint density at radius 1 is 0.925 bits per heavy atom. The monoisotopic (exact) mass is 735 g/mol. The maximum atomic E-state index is 14.0. The summed E-state index contributed by atoms with van der Waals surface area (Å²) in [6.45, 7) is 9.42. The van der Waals surface area contributed by atoms with E-state index < -0.39 is 29.5 Å². The zero-order valence-corrected chi connectivity index (χ0v) is 30.8. The lowest BCUT2D eigenvalue weighted by Crippen LogP contribution is -2.42. The topological polar surface area (TPSA) is 138 Å². The molecule has 6 rings (SSSR count). The van der Waals surface area contributed by atoms with Crippen LogP contribution in [-0.2, 0) is 24.5 Å². The summed E-state index contributed by atoms with van der Waals surface area (Å²) in [7, 11) is 1.74. The van der Waals surface area contributed by atoms with Gasteiger partial charge in [-0.15, -0.1) is 0 Å². The van der Waals surface area contributed by atoms with Gasteiger partial charge in [-0.2, -0.15) is 18.3 Å². The number of nitrogens with one attached hydrogen (secondary N) is 4. The summed E-state index contributed by atoms with van der Waals surface area (Å²) in [6.07, 6.45) is 2.08. The molecule has 0 spiro atoms. The molecule has 1 saturated carbocycles. The quantitative estimate of drug-likeness (QED) is 0.142. The van der Waals surface area contributed by atoms with Crippen molar-refractivity contribution in [3.8, 4) is 11.3 Å². The van der Waals surface area contributed by atoms with Crippen LogP contribution in [0.1, 0.15) is 77.3 Å². The highest BCUT2D eigenvalue weighted by Crippen LogP contribution is 2.35. The minimum absolute atomic E-state index is 0.0354. The summed E-state index contributed by atoms with van der Waals surface area (Å²) in [6, 6.07) is 10.9. The largest absolute Gasteiger partial charge is 0.444 e. The first-order valence-corrected chi connectivity index (χ1v) is 18.2. The van der Waals surface area contributed by atoms with Crippen LogP contribution in [0.5, 0.6) is 0 Å². The van der Waals surface area contributed by atoms with E-state index >= 15 is 0 Å². The third-order valence-corrected chi connectivity index (χ3v) is 9.72. The van der Waals surface area contributed by atoms with Gasteiger partial charge >= 0.3 is 18.3 Å². The molecule has 284 valence electrons. The van der Waals surface area contributed by atoms with Crippen molar-refractivity contribution < 1.29 is 27.5 Å². The number of urea groups is 1. The van der Waals surface area contributed by atoms with Crippen molar-refractivity contribution in [3.05, 3.63) is 59.8 Å². The lowest BCUT2D eigenvalue weighted by atomic mass is 9.91. The molecule has 12 nitrogen and oxygen atoms in total. The number of alkyl halides is 3. The molecule has 2 fully saturated rings. The number of amides is 3. The number of aromatic nitrogens is 4. The molecule has 0 atom stereocenters. The average Bonchev–Trinajstić information content (AvgIpc) is 3.45.